The Morgan fingerprint density at radius 2 is 1.36 bits per heavy atom. The van der Waals surface area contributed by atoms with Crippen molar-refractivity contribution in [2.45, 2.75) is 80.1 Å². The minimum atomic E-state index is 0.301. The zero-order chi connectivity index (χ0) is 18.7. The molecular formula is C24H44O. The van der Waals surface area contributed by atoms with Crippen LogP contribution < -0.4 is 0 Å². The van der Waals surface area contributed by atoms with E-state index in [1.807, 2.05) is 0 Å². The Kier molecular flexibility index (Phi) is 7.62. The number of hydrogen-bond donors (Lipinski definition) is 1. The summed E-state index contributed by atoms with van der Waals surface area (Å²) in [5.41, 5.74) is 1.40. The van der Waals surface area contributed by atoms with E-state index >= 15 is 0 Å². The summed E-state index contributed by atoms with van der Waals surface area (Å²) in [5, 5.41) is 10.4. The molecule has 0 radical (unpaired) electrons. The molecule has 0 aromatic carbocycles. The minimum absolute atomic E-state index is 0.301. The molecule has 146 valence electrons. The van der Waals surface area contributed by atoms with Crippen LogP contribution in [0.1, 0.15) is 80.1 Å². The van der Waals surface area contributed by atoms with E-state index in [-0.39, 0.29) is 0 Å². The second kappa shape index (κ2) is 9.07. The predicted molar refractivity (Wildman–Crippen MR) is 109 cm³/mol. The normalized spacial score (nSPS) is 38.1. The molecule has 0 spiro atoms. The van der Waals surface area contributed by atoms with Crippen LogP contribution in [0.3, 0.4) is 0 Å². The molecule has 7 atom stereocenters. The summed E-state index contributed by atoms with van der Waals surface area (Å²) in [4.78, 5) is 0. The fraction of sp³-hybridized carbons (Fsp3) is 0.917. The van der Waals surface area contributed by atoms with E-state index in [9.17, 15) is 5.11 Å². The first kappa shape index (κ1) is 21.0. The molecular weight excluding hydrogens is 304 g/mol. The Morgan fingerprint density at radius 3 is 1.88 bits per heavy atom. The van der Waals surface area contributed by atoms with Gasteiger partial charge in [-0.15, -0.1) is 0 Å². The van der Waals surface area contributed by atoms with Gasteiger partial charge in [-0.2, -0.15) is 0 Å². The monoisotopic (exact) mass is 348 g/mol. The topological polar surface area (TPSA) is 20.2 Å². The Morgan fingerprint density at radius 1 is 0.840 bits per heavy atom. The predicted octanol–water partition coefficient (Wildman–Crippen LogP) is 6.57. The van der Waals surface area contributed by atoms with Crippen molar-refractivity contribution in [3.05, 3.63) is 12.2 Å². The summed E-state index contributed by atoms with van der Waals surface area (Å²) in [7, 11) is 0. The van der Waals surface area contributed by atoms with Crippen LogP contribution in [0.2, 0.25) is 0 Å². The highest BCUT2D eigenvalue weighted by Gasteiger charge is 2.41. The maximum Gasteiger partial charge on any atom is 0.0499 e. The van der Waals surface area contributed by atoms with E-state index in [0.29, 0.717) is 30.3 Å². The van der Waals surface area contributed by atoms with Crippen LogP contribution in [0.15, 0.2) is 12.2 Å². The zero-order valence-corrected chi connectivity index (χ0v) is 17.8. The smallest absolute Gasteiger partial charge is 0.0499 e. The van der Waals surface area contributed by atoms with E-state index in [1.165, 1.54) is 44.1 Å². The van der Waals surface area contributed by atoms with Crippen molar-refractivity contribution in [3.63, 3.8) is 0 Å². The van der Waals surface area contributed by atoms with Crippen LogP contribution in [0.4, 0.5) is 0 Å². The minimum Gasteiger partial charge on any atom is -0.396 e. The summed E-state index contributed by atoms with van der Waals surface area (Å²) in [6.45, 7) is 19.3. The van der Waals surface area contributed by atoms with Crippen molar-refractivity contribution >= 4 is 0 Å². The van der Waals surface area contributed by atoms with Gasteiger partial charge in [0.2, 0.25) is 0 Å². The van der Waals surface area contributed by atoms with Gasteiger partial charge in [0.15, 0.2) is 0 Å². The summed E-state index contributed by atoms with van der Waals surface area (Å²) in [5.74, 6) is 6.12. The van der Waals surface area contributed by atoms with Gasteiger partial charge in [-0.1, -0.05) is 66.5 Å². The standard InChI is InChI=1S/C24H44O/c1-15(2)20-10-8-17(5)12-22(20)19(7)24(14-25)23-13-18(6)9-11-21(23)16(3)4/h15-18,20-25H,7-14H2,1-6H3. The molecule has 0 amide bonds. The van der Waals surface area contributed by atoms with Gasteiger partial charge in [-0.3, -0.25) is 0 Å². The summed E-state index contributed by atoms with van der Waals surface area (Å²) in [6.07, 6.45) is 7.97. The molecule has 2 aliphatic carbocycles. The van der Waals surface area contributed by atoms with E-state index in [2.05, 4.69) is 48.1 Å². The number of hydrogen-bond acceptors (Lipinski definition) is 1. The molecule has 1 heteroatoms. The quantitative estimate of drug-likeness (QED) is 0.538. The van der Waals surface area contributed by atoms with Gasteiger partial charge in [-0.05, 0) is 73.0 Å². The Bertz CT molecular complexity index is 424. The van der Waals surface area contributed by atoms with Crippen molar-refractivity contribution in [1.29, 1.82) is 0 Å². The average molecular weight is 349 g/mol. The third-order valence-corrected chi connectivity index (χ3v) is 7.76. The van der Waals surface area contributed by atoms with E-state index in [1.54, 1.807) is 0 Å². The molecule has 2 aliphatic rings. The first-order valence-electron chi connectivity index (χ1n) is 11.1. The second-order valence-electron chi connectivity index (χ2n) is 10.3. The summed E-state index contributed by atoms with van der Waals surface area (Å²) >= 11 is 0. The molecule has 2 fully saturated rings. The largest absolute Gasteiger partial charge is 0.396 e. The molecule has 0 bridgehead atoms. The van der Waals surface area contributed by atoms with Crippen LogP contribution >= 0.6 is 0 Å². The lowest BCUT2D eigenvalue weighted by atomic mass is 9.59. The first-order valence-corrected chi connectivity index (χ1v) is 11.1. The van der Waals surface area contributed by atoms with Crippen LogP contribution in [0.5, 0.6) is 0 Å². The summed E-state index contributed by atoms with van der Waals surface area (Å²) in [6, 6.07) is 0. The van der Waals surface area contributed by atoms with E-state index < -0.39 is 0 Å². The maximum absolute atomic E-state index is 10.4. The number of rotatable bonds is 6. The van der Waals surface area contributed by atoms with Crippen molar-refractivity contribution in [2.24, 2.45) is 53.3 Å². The van der Waals surface area contributed by atoms with Gasteiger partial charge >= 0.3 is 0 Å². The van der Waals surface area contributed by atoms with Crippen LogP contribution in [0.25, 0.3) is 0 Å². The van der Waals surface area contributed by atoms with Crippen LogP contribution in [0, 0.1) is 53.3 Å². The Balaban J connectivity index is 2.22. The van der Waals surface area contributed by atoms with Gasteiger partial charge in [0, 0.05) is 12.5 Å². The molecule has 2 rings (SSSR count). The van der Waals surface area contributed by atoms with Crippen LogP contribution in [-0.4, -0.2) is 11.7 Å². The van der Waals surface area contributed by atoms with Crippen molar-refractivity contribution in [2.75, 3.05) is 6.61 Å². The highest BCUT2D eigenvalue weighted by Crippen LogP contribution is 2.49. The van der Waals surface area contributed by atoms with Gasteiger partial charge in [0.05, 0.1) is 0 Å². The van der Waals surface area contributed by atoms with Crippen molar-refractivity contribution < 1.29 is 5.11 Å². The average Bonchev–Trinajstić information content (AvgIpc) is 2.54. The van der Waals surface area contributed by atoms with Crippen molar-refractivity contribution in [1.82, 2.24) is 0 Å². The molecule has 1 N–H and O–H groups in total. The SMILES string of the molecule is C=C(C1CC(C)CCC1C(C)C)C(CO)C1CC(C)CCC1C(C)C. The van der Waals surface area contributed by atoms with E-state index in [4.69, 9.17) is 0 Å². The molecule has 2 saturated carbocycles. The van der Waals surface area contributed by atoms with Crippen LogP contribution in [-0.2, 0) is 0 Å². The Hall–Kier alpha value is -0.300. The lowest BCUT2D eigenvalue weighted by molar-refractivity contribution is 0.0596. The molecule has 0 aromatic rings. The maximum atomic E-state index is 10.4. The highest BCUT2D eigenvalue weighted by molar-refractivity contribution is 5.12. The molecule has 25 heavy (non-hydrogen) atoms. The van der Waals surface area contributed by atoms with Gasteiger partial charge in [0.25, 0.3) is 0 Å². The molecule has 0 saturated heterocycles. The molecule has 7 unspecified atom stereocenters. The Labute approximate surface area is 157 Å². The summed E-state index contributed by atoms with van der Waals surface area (Å²) < 4.78 is 0. The zero-order valence-electron chi connectivity index (χ0n) is 17.8. The fourth-order valence-electron chi connectivity index (χ4n) is 6.17. The highest BCUT2D eigenvalue weighted by atomic mass is 16.3. The molecule has 0 heterocycles. The van der Waals surface area contributed by atoms with Gasteiger partial charge in [0.1, 0.15) is 0 Å². The molecule has 0 aromatic heterocycles. The first-order chi connectivity index (χ1) is 11.8. The number of aliphatic hydroxyl groups excluding tert-OH is 1. The van der Waals surface area contributed by atoms with Gasteiger partial charge < -0.3 is 5.11 Å². The third-order valence-electron chi connectivity index (χ3n) is 7.76. The second-order valence-corrected chi connectivity index (χ2v) is 10.3. The fourth-order valence-corrected chi connectivity index (χ4v) is 6.17. The third kappa shape index (κ3) is 4.90. The lowest BCUT2D eigenvalue weighted by Gasteiger charge is -2.46. The molecule has 0 aliphatic heterocycles. The molecule has 1 nitrogen and oxygen atoms in total. The van der Waals surface area contributed by atoms with Gasteiger partial charge in [-0.25, -0.2) is 0 Å². The lowest BCUT2D eigenvalue weighted by Crippen LogP contribution is -2.39. The van der Waals surface area contributed by atoms with Crippen molar-refractivity contribution in [3.8, 4) is 0 Å². The van der Waals surface area contributed by atoms with E-state index in [0.717, 1.165) is 29.6 Å². The number of aliphatic hydroxyl groups is 1.